The minimum absolute atomic E-state index is 0.00208. The molecule has 0 fully saturated rings. The van der Waals surface area contributed by atoms with E-state index < -0.39 is 5.60 Å². The predicted octanol–water partition coefficient (Wildman–Crippen LogP) is 7.03. The zero-order chi connectivity index (χ0) is 26.7. The van der Waals surface area contributed by atoms with Crippen LogP contribution in [0.1, 0.15) is 73.4 Å². The van der Waals surface area contributed by atoms with E-state index in [2.05, 4.69) is 13.0 Å². The van der Waals surface area contributed by atoms with Crippen LogP contribution >= 0.6 is 0 Å². The van der Waals surface area contributed by atoms with Crippen LogP contribution in [0.5, 0.6) is 0 Å². The van der Waals surface area contributed by atoms with Gasteiger partial charge in [-0.3, -0.25) is 9.36 Å². The summed E-state index contributed by atoms with van der Waals surface area (Å²) in [5.41, 5.74) is 5.61. The van der Waals surface area contributed by atoms with Crippen molar-refractivity contribution in [1.29, 1.82) is 0 Å². The fourth-order valence-electron chi connectivity index (χ4n) is 4.63. The summed E-state index contributed by atoms with van der Waals surface area (Å²) >= 11 is 0. The number of rotatable bonds is 7. The van der Waals surface area contributed by atoms with E-state index >= 15 is 0 Å². The second-order valence-electron chi connectivity index (χ2n) is 10.7. The van der Waals surface area contributed by atoms with Crippen LogP contribution in [0.2, 0.25) is 0 Å². The SMILES string of the molecule is CCCCc1nc2c(C)cc(C)cc2c(=O)n1Cc1ccc(-c2ccccc2C(=O)OC(C)(C)C)cc1. The molecule has 0 atom stereocenters. The van der Waals surface area contributed by atoms with E-state index in [9.17, 15) is 9.59 Å². The van der Waals surface area contributed by atoms with Crippen LogP contribution in [0.25, 0.3) is 22.0 Å². The Hall–Kier alpha value is -3.73. The van der Waals surface area contributed by atoms with Crippen LogP contribution in [0, 0.1) is 13.8 Å². The highest BCUT2D eigenvalue weighted by Gasteiger charge is 2.21. The molecule has 0 unspecified atom stereocenters. The van der Waals surface area contributed by atoms with Crippen LogP contribution in [0.15, 0.2) is 65.5 Å². The number of hydrogen-bond acceptors (Lipinski definition) is 4. The van der Waals surface area contributed by atoms with Gasteiger partial charge in [0.15, 0.2) is 0 Å². The molecule has 0 saturated carbocycles. The topological polar surface area (TPSA) is 61.2 Å². The number of aromatic nitrogens is 2. The molecule has 37 heavy (non-hydrogen) atoms. The van der Waals surface area contributed by atoms with Gasteiger partial charge in [0.1, 0.15) is 11.4 Å². The Balaban J connectivity index is 1.70. The summed E-state index contributed by atoms with van der Waals surface area (Å²) in [6.07, 6.45) is 2.77. The van der Waals surface area contributed by atoms with Crippen molar-refractivity contribution in [3.05, 3.63) is 99.1 Å². The largest absolute Gasteiger partial charge is 0.456 e. The minimum Gasteiger partial charge on any atom is -0.456 e. The Kier molecular flexibility index (Phi) is 7.63. The first-order valence-electron chi connectivity index (χ1n) is 13.0. The first-order valence-corrected chi connectivity index (χ1v) is 13.0. The standard InChI is InChI=1S/C32H36N2O3/c1-7-8-13-28-33-29-22(3)18-21(2)19-27(29)30(35)34(28)20-23-14-16-24(17-15-23)25-11-9-10-12-26(25)31(36)37-32(4,5)6/h9-12,14-19H,7-8,13,20H2,1-6H3. The molecular formula is C32H36N2O3. The maximum atomic E-state index is 13.6. The Morgan fingerprint density at radius 1 is 1.00 bits per heavy atom. The van der Waals surface area contributed by atoms with Crippen molar-refractivity contribution in [1.82, 2.24) is 9.55 Å². The van der Waals surface area contributed by atoms with Gasteiger partial charge >= 0.3 is 5.97 Å². The van der Waals surface area contributed by atoms with Gasteiger partial charge in [-0.1, -0.05) is 61.9 Å². The number of esters is 1. The Labute approximate surface area is 219 Å². The van der Waals surface area contributed by atoms with Crippen LogP contribution < -0.4 is 5.56 Å². The second-order valence-corrected chi connectivity index (χ2v) is 10.7. The van der Waals surface area contributed by atoms with E-state index in [1.54, 1.807) is 6.07 Å². The molecule has 0 aliphatic carbocycles. The van der Waals surface area contributed by atoms with E-state index in [0.29, 0.717) is 17.5 Å². The van der Waals surface area contributed by atoms with Crippen LogP contribution in [0.4, 0.5) is 0 Å². The normalized spacial score (nSPS) is 11.6. The van der Waals surface area contributed by atoms with E-state index in [1.165, 1.54) is 0 Å². The number of fused-ring (bicyclic) bond motifs is 1. The van der Waals surface area contributed by atoms with E-state index in [4.69, 9.17) is 9.72 Å². The maximum Gasteiger partial charge on any atom is 0.339 e. The second kappa shape index (κ2) is 10.7. The lowest BCUT2D eigenvalue weighted by Gasteiger charge is -2.20. The van der Waals surface area contributed by atoms with Gasteiger partial charge in [-0.15, -0.1) is 0 Å². The van der Waals surface area contributed by atoms with Gasteiger partial charge in [-0.05, 0) is 81.0 Å². The van der Waals surface area contributed by atoms with Gasteiger partial charge < -0.3 is 4.74 Å². The van der Waals surface area contributed by atoms with Gasteiger partial charge in [0.05, 0.1) is 23.0 Å². The summed E-state index contributed by atoms with van der Waals surface area (Å²) in [7, 11) is 0. The lowest BCUT2D eigenvalue weighted by molar-refractivity contribution is 0.00704. The molecule has 0 saturated heterocycles. The summed E-state index contributed by atoms with van der Waals surface area (Å²) in [5, 5.41) is 0.667. The van der Waals surface area contributed by atoms with Crippen molar-refractivity contribution in [3.63, 3.8) is 0 Å². The zero-order valence-electron chi connectivity index (χ0n) is 22.7. The van der Waals surface area contributed by atoms with Gasteiger partial charge in [-0.2, -0.15) is 0 Å². The molecule has 4 rings (SSSR count). The van der Waals surface area contributed by atoms with Crippen molar-refractivity contribution in [2.45, 2.75) is 73.0 Å². The molecule has 0 spiro atoms. The lowest BCUT2D eigenvalue weighted by Crippen LogP contribution is -2.26. The molecule has 4 aromatic rings. The number of aryl methyl sites for hydroxylation is 3. The number of nitrogens with zero attached hydrogens (tertiary/aromatic N) is 2. The minimum atomic E-state index is -0.568. The third-order valence-electron chi connectivity index (χ3n) is 6.38. The van der Waals surface area contributed by atoms with Gasteiger partial charge in [-0.25, -0.2) is 9.78 Å². The monoisotopic (exact) mass is 496 g/mol. The fraction of sp³-hybridized carbons (Fsp3) is 0.344. The lowest BCUT2D eigenvalue weighted by atomic mass is 9.98. The van der Waals surface area contributed by atoms with Crippen LogP contribution in [-0.2, 0) is 17.7 Å². The Morgan fingerprint density at radius 2 is 1.70 bits per heavy atom. The highest BCUT2D eigenvalue weighted by Crippen LogP contribution is 2.26. The number of hydrogen-bond donors (Lipinski definition) is 0. The molecule has 192 valence electrons. The Morgan fingerprint density at radius 3 is 2.38 bits per heavy atom. The number of unbranched alkanes of at least 4 members (excludes halogenated alkanes) is 1. The molecule has 0 amide bonds. The molecule has 1 heterocycles. The molecule has 5 nitrogen and oxygen atoms in total. The molecule has 1 aromatic heterocycles. The number of carbonyl (C=O) groups is 1. The van der Waals surface area contributed by atoms with Crippen LogP contribution in [0.3, 0.4) is 0 Å². The maximum absolute atomic E-state index is 13.6. The number of ether oxygens (including phenoxy) is 1. The molecule has 0 aliphatic rings. The van der Waals surface area contributed by atoms with Crippen molar-refractivity contribution in [2.75, 3.05) is 0 Å². The molecular weight excluding hydrogens is 460 g/mol. The smallest absolute Gasteiger partial charge is 0.339 e. The van der Waals surface area contributed by atoms with Crippen molar-refractivity contribution in [2.24, 2.45) is 0 Å². The predicted molar refractivity (Wildman–Crippen MR) is 150 cm³/mol. The average molecular weight is 497 g/mol. The van der Waals surface area contributed by atoms with Gasteiger partial charge in [0, 0.05) is 6.42 Å². The first kappa shape index (κ1) is 26.3. The highest BCUT2D eigenvalue weighted by molar-refractivity contribution is 5.97. The Bertz CT molecular complexity index is 1490. The first-order chi connectivity index (χ1) is 17.6. The van der Waals surface area contributed by atoms with E-state index in [1.807, 2.05) is 87.7 Å². The van der Waals surface area contributed by atoms with Gasteiger partial charge in [0.25, 0.3) is 5.56 Å². The molecule has 3 aromatic carbocycles. The van der Waals surface area contributed by atoms with E-state index in [0.717, 1.165) is 58.4 Å². The highest BCUT2D eigenvalue weighted by atomic mass is 16.6. The molecule has 5 heteroatoms. The van der Waals surface area contributed by atoms with E-state index in [-0.39, 0.29) is 11.5 Å². The van der Waals surface area contributed by atoms with Crippen molar-refractivity contribution in [3.8, 4) is 11.1 Å². The summed E-state index contributed by atoms with van der Waals surface area (Å²) in [6, 6.07) is 19.5. The van der Waals surface area contributed by atoms with Crippen molar-refractivity contribution >= 4 is 16.9 Å². The van der Waals surface area contributed by atoms with Gasteiger partial charge in [0.2, 0.25) is 0 Å². The quantitative estimate of drug-likeness (QED) is 0.258. The van der Waals surface area contributed by atoms with Crippen LogP contribution in [-0.4, -0.2) is 21.1 Å². The molecule has 0 aliphatic heterocycles. The summed E-state index contributed by atoms with van der Waals surface area (Å²) in [6.45, 7) is 12.2. The summed E-state index contributed by atoms with van der Waals surface area (Å²) in [4.78, 5) is 31.4. The zero-order valence-corrected chi connectivity index (χ0v) is 22.7. The molecule has 0 radical (unpaired) electrons. The summed E-state index contributed by atoms with van der Waals surface area (Å²) < 4.78 is 7.44. The summed E-state index contributed by atoms with van der Waals surface area (Å²) in [5.74, 6) is 0.484. The molecule has 0 N–H and O–H groups in total. The number of carbonyl (C=O) groups excluding carboxylic acids is 1. The molecule has 0 bridgehead atoms. The fourth-order valence-corrected chi connectivity index (χ4v) is 4.63. The average Bonchev–Trinajstić information content (AvgIpc) is 2.84. The third kappa shape index (κ3) is 5.99. The van der Waals surface area contributed by atoms with Crippen molar-refractivity contribution < 1.29 is 9.53 Å². The third-order valence-corrected chi connectivity index (χ3v) is 6.38. The number of benzene rings is 3.